The number of aliphatic hydroxyl groups is 1. The third-order valence-electron chi connectivity index (χ3n) is 8.34. The zero-order chi connectivity index (χ0) is 17.1. The average Bonchev–Trinajstić information content (AvgIpc) is 2.85. The first kappa shape index (κ1) is 16.5. The standard InChI is InChI=1S/C21H30O3/c1-3-13-10-18(24)20(2)8-7-17-16(19(13)20)5-4-14-11-15(23)6-9-21(14,17)12-22/h11,13,16-17,19,22H,3-10,12H2,1-2H3/t13-,16-,17+,19+,20-,21-/m1/s1. The highest BCUT2D eigenvalue weighted by Crippen LogP contribution is 2.65. The predicted octanol–water partition coefficient (Wildman–Crippen LogP) is 3.70. The number of Topliss-reactive ketones (excluding diaryl/α,β-unsaturated/α-hetero) is 1. The van der Waals surface area contributed by atoms with Crippen LogP contribution in [0.4, 0.5) is 0 Å². The van der Waals surface area contributed by atoms with E-state index in [0.717, 1.165) is 44.9 Å². The van der Waals surface area contributed by atoms with E-state index in [4.69, 9.17) is 0 Å². The van der Waals surface area contributed by atoms with E-state index in [1.54, 1.807) is 0 Å². The maximum atomic E-state index is 12.7. The van der Waals surface area contributed by atoms with Gasteiger partial charge in [-0.15, -0.1) is 0 Å². The first-order chi connectivity index (χ1) is 11.5. The van der Waals surface area contributed by atoms with Crippen molar-refractivity contribution in [3.8, 4) is 0 Å². The third-order valence-corrected chi connectivity index (χ3v) is 8.34. The summed E-state index contributed by atoms with van der Waals surface area (Å²) >= 11 is 0. The quantitative estimate of drug-likeness (QED) is 0.840. The van der Waals surface area contributed by atoms with Crippen LogP contribution in [-0.4, -0.2) is 23.3 Å². The summed E-state index contributed by atoms with van der Waals surface area (Å²) in [6.07, 6.45) is 9.11. The van der Waals surface area contributed by atoms with E-state index >= 15 is 0 Å². The molecular weight excluding hydrogens is 300 g/mol. The molecule has 3 nitrogen and oxygen atoms in total. The SMILES string of the molecule is CC[C@@H]1CC(=O)[C@@]2(C)CC[C@H]3[C@@H](CCC4=CC(=O)CC[C@@]43CO)[C@H]12. The second kappa shape index (κ2) is 5.52. The Morgan fingerprint density at radius 2 is 2.00 bits per heavy atom. The molecule has 0 aromatic heterocycles. The first-order valence-electron chi connectivity index (χ1n) is 9.84. The number of carbonyl (C=O) groups is 2. The van der Waals surface area contributed by atoms with E-state index < -0.39 is 0 Å². The van der Waals surface area contributed by atoms with Crippen LogP contribution in [0.2, 0.25) is 0 Å². The van der Waals surface area contributed by atoms with Crippen molar-refractivity contribution < 1.29 is 14.7 Å². The number of fused-ring (bicyclic) bond motifs is 5. The molecular formula is C21H30O3. The monoisotopic (exact) mass is 330 g/mol. The van der Waals surface area contributed by atoms with Gasteiger partial charge < -0.3 is 5.11 Å². The Labute approximate surface area is 144 Å². The molecule has 0 heterocycles. The highest BCUT2D eigenvalue weighted by molar-refractivity contribution is 5.92. The van der Waals surface area contributed by atoms with Crippen molar-refractivity contribution in [3.05, 3.63) is 11.6 Å². The molecule has 4 aliphatic rings. The molecule has 0 radical (unpaired) electrons. The van der Waals surface area contributed by atoms with Gasteiger partial charge in [-0.05, 0) is 61.9 Å². The van der Waals surface area contributed by atoms with Crippen molar-refractivity contribution in [2.75, 3.05) is 6.61 Å². The number of carbonyl (C=O) groups excluding carboxylic acids is 2. The summed E-state index contributed by atoms with van der Waals surface area (Å²) in [5.74, 6) is 2.70. The van der Waals surface area contributed by atoms with Crippen LogP contribution in [0.25, 0.3) is 0 Å². The second-order valence-electron chi connectivity index (χ2n) is 9.04. The van der Waals surface area contributed by atoms with Crippen molar-refractivity contribution in [3.63, 3.8) is 0 Å². The summed E-state index contributed by atoms with van der Waals surface area (Å²) in [7, 11) is 0. The molecule has 3 heteroatoms. The topological polar surface area (TPSA) is 54.4 Å². The van der Waals surface area contributed by atoms with Gasteiger partial charge in [-0.1, -0.05) is 25.8 Å². The Morgan fingerprint density at radius 3 is 2.71 bits per heavy atom. The molecule has 4 rings (SSSR count). The number of ketones is 2. The molecule has 0 bridgehead atoms. The summed E-state index contributed by atoms with van der Waals surface area (Å²) in [4.78, 5) is 24.7. The number of aliphatic hydroxyl groups excluding tert-OH is 1. The third kappa shape index (κ3) is 2.00. The molecule has 0 aliphatic heterocycles. The summed E-state index contributed by atoms with van der Waals surface area (Å²) < 4.78 is 0. The van der Waals surface area contributed by atoms with E-state index in [2.05, 4.69) is 13.8 Å². The van der Waals surface area contributed by atoms with Crippen molar-refractivity contribution in [2.24, 2.45) is 34.5 Å². The van der Waals surface area contributed by atoms with Crippen LogP contribution < -0.4 is 0 Å². The van der Waals surface area contributed by atoms with E-state index in [1.807, 2.05) is 6.08 Å². The van der Waals surface area contributed by atoms with Crippen LogP contribution in [0.15, 0.2) is 11.6 Å². The van der Waals surface area contributed by atoms with Gasteiger partial charge in [0.1, 0.15) is 5.78 Å². The van der Waals surface area contributed by atoms with Crippen LogP contribution in [-0.2, 0) is 9.59 Å². The summed E-state index contributed by atoms with van der Waals surface area (Å²) in [6, 6.07) is 0. The Balaban J connectivity index is 1.75. The van der Waals surface area contributed by atoms with Gasteiger partial charge in [0.15, 0.2) is 5.78 Å². The fraction of sp³-hybridized carbons (Fsp3) is 0.810. The van der Waals surface area contributed by atoms with Crippen LogP contribution in [0.1, 0.15) is 65.2 Å². The van der Waals surface area contributed by atoms with Crippen molar-refractivity contribution in [1.82, 2.24) is 0 Å². The molecule has 132 valence electrons. The zero-order valence-electron chi connectivity index (χ0n) is 15.0. The summed E-state index contributed by atoms with van der Waals surface area (Å²) in [6.45, 7) is 4.61. The molecule has 6 atom stereocenters. The summed E-state index contributed by atoms with van der Waals surface area (Å²) in [5, 5.41) is 10.4. The molecule has 0 spiro atoms. The lowest BCUT2D eigenvalue weighted by Crippen LogP contribution is -2.53. The van der Waals surface area contributed by atoms with E-state index in [9.17, 15) is 14.7 Å². The van der Waals surface area contributed by atoms with Crippen LogP contribution >= 0.6 is 0 Å². The molecule has 1 N–H and O–H groups in total. The fourth-order valence-corrected chi connectivity index (χ4v) is 7.10. The molecule has 3 saturated carbocycles. The van der Waals surface area contributed by atoms with Gasteiger partial charge >= 0.3 is 0 Å². The van der Waals surface area contributed by atoms with Crippen molar-refractivity contribution >= 4 is 11.6 Å². The van der Waals surface area contributed by atoms with Gasteiger partial charge in [0.2, 0.25) is 0 Å². The molecule has 4 aliphatic carbocycles. The number of rotatable bonds is 2. The van der Waals surface area contributed by atoms with Gasteiger partial charge in [0.05, 0.1) is 6.61 Å². The first-order valence-corrected chi connectivity index (χ1v) is 9.84. The van der Waals surface area contributed by atoms with Crippen LogP contribution in [0, 0.1) is 34.5 Å². The van der Waals surface area contributed by atoms with Gasteiger partial charge in [-0.3, -0.25) is 9.59 Å². The lowest BCUT2D eigenvalue weighted by atomic mass is 9.46. The highest BCUT2D eigenvalue weighted by atomic mass is 16.3. The molecule has 0 saturated heterocycles. The summed E-state index contributed by atoms with van der Waals surface area (Å²) in [5.41, 5.74) is 0.898. The largest absolute Gasteiger partial charge is 0.395 e. The minimum absolute atomic E-state index is 0.135. The van der Waals surface area contributed by atoms with E-state index in [0.29, 0.717) is 35.9 Å². The fourth-order valence-electron chi connectivity index (χ4n) is 7.10. The normalized spacial score (nSPS) is 47.7. The zero-order valence-corrected chi connectivity index (χ0v) is 15.0. The maximum Gasteiger partial charge on any atom is 0.155 e. The van der Waals surface area contributed by atoms with Crippen LogP contribution in [0.5, 0.6) is 0 Å². The van der Waals surface area contributed by atoms with Gasteiger partial charge in [0, 0.05) is 23.7 Å². The Morgan fingerprint density at radius 1 is 1.21 bits per heavy atom. The van der Waals surface area contributed by atoms with Gasteiger partial charge in [-0.2, -0.15) is 0 Å². The minimum atomic E-state index is -0.178. The molecule has 3 fully saturated rings. The van der Waals surface area contributed by atoms with Crippen LogP contribution in [0.3, 0.4) is 0 Å². The Hall–Kier alpha value is -0.960. The lowest BCUT2D eigenvalue weighted by Gasteiger charge is -2.58. The van der Waals surface area contributed by atoms with Gasteiger partial charge in [-0.25, -0.2) is 0 Å². The molecule has 0 aromatic rings. The second-order valence-corrected chi connectivity index (χ2v) is 9.04. The van der Waals surface area contributed by atoms with Crippen molar-refractivity contribution in [1.29, 1.82) is 0 Å². The predicted molar refractivity (Wildman–Crippen MR) is 92.3 cm³/mol. The van der Waals surface area contributed by atoms with E-state index in [-0.39, 0.29) is 23.2 Å². The molecule has 0 unspecified atom stereocenters. The van der Waals surface area contributed by atoms with E-state index in [1.165, 1.54) is 5.57 Å². The Kier molecular flexibility index (Phi) is 3.80. The molecule has 0 aromatic carbocycles. The lowest BCUT2D eigenvalue weighted by molar-refractivity contribution is -0.134. The average molecular weight is 330 g/mol. The molecule has 0 amide bonds. The maximum absolute atomic E-state index is 12.7. The Bertz CT molecular complexity index is 606. The minimum Gasteiger partial charge on any atom is -0.395 e. The van der Waals surface area contributed by atoms with Gasteiger partial charge in [0.25, 0.3) is 0 Å². The number of hydrogen-bond donors (Lipinski definition) is 1. The molecule has 24 heavy (non-hydrogen) atoms. The van der Waals surface area contributed by atoms with Crippen molar-refractivity contribution in [2.45, 2.75) is 65.2 Å². The number of hydrogen-bond acceptors (Lipinski definition) is 3. The smallest absolute Gasteiger partial charge is 0.155 e. The highest BCUT2D eigenvalue weighted by Gasteiger charge is 2.62.